The van der Waals surface area contributed by atoms with E-state index in [1.165, 1.54) is 0 Å². The smallest absolute Gasteiger partial charge is 0.341 e. The number of nitrogens with two attached hydrogens (primary N) is 1. The second-order valence-electron chi connectivity index (χ2n) is 6.10. The van der Waals surface area contributed by atoms with Crippen molar-refractivity contribution in [1.82, 2.24) is 4.98 Å². The number of pyridine rings is 1. The largest absolute Gasteiger partial charge is 0.462 e. The number of primary amides is 1. The number of anilines is 2. The number of urea groups is 1. The fraction of sp³-hybridized carbons (Fsp3) is 0.150. The predicted octanol–water partition coefficient (Wildman–Crippen LogP) is 4.01. The normalized spacial score (nSPS) is 12.1. The van der Waals surface area contributed by atoms with Gasteiger partial charge in [0.15, 0.2) is 17.3 Å². The van der Waals surface area contributed by atoms with Crippen LogP contribution in [0.1, 0.15) is 17.3 Å². The molecule has 0 atom stereocenters. The first-order chi connectivity index (χ1) is 14.0. The maximum absolute atomic E-state index is 12.7. The number of esters is 1. The third-order valence-corrected chi connectivity index (χ3v) is 4.63. The van der Waals surface area contributed by atoms with Crippen LogP contribution >= 0.6 is 11.6 Å². The molecule has 0 fully saturated rings. The molecule has 1 aliphatic heterocycles. The average molecular weight is 414 g/mol. The number of fused-ring (bicyclic) bond motifs is 2. The third-order valence-electron chi connectivity index (χ3n) is 4.31. The number of ether oxygens (including phenoxy) is 3. The molecule has 4 rings (SSSR count). The molecule has 0 unspecified atom stereocenters. The highest BCUT2D eigenvalue weighted by Crippen LogP contribution is 2.39. The van der Waals surface area contributed by atoms with Crippen molar-refractivity contribution in [1.29, 1.82) is 0 Å². The Kier molecular flexibility index (Phi) is 4.85. The van der Waals surface area contributed by atoms with Crippen molar-refractivity contribution >= 4 is 46.0 Å². The van der Waals surface area contributed by atoms with Crippen molar-refractivity contribution in [3.8, 4) is 11.5 Å². The summed E-state index contributed by atoms with van der Waals surface area (Å²) in [7, 11) is 0. The summed E-state index contributed by atoms with van der Waals surface area (Å²) in [6.45, 7) is 1.93. The maximum Gasteiger partial charge on any atom is 0.341 e. The summed E-state index contributed by atoms with van der Waals surface area (Å²) in [5.74, 6) is 0.422. The first kappa shape index (κ1) is 18.8. The zero-order valence-corrected chi connectivity index (χ0v) is 16.1. The van der Waals surface area contributed by atoms with Crippen LogP contribution in [0, 0.1) is 0 Å². The first-order valence-electron chi connectivity index (χ1n) is 8.75. The van der Waals surface area contributed by atoms with Crippen molar-refractivity contribution in [3.63, 3.8) is 0 Å². The molecular formula is C20H16ClN3O5. The Labute approximate surface area is 170 Å². The zero-order chi connectivity index (χ0) is 20.5. The van der Waals surface area contributed by atoms with Gasteiger partial charge in [-0.15, -0.1) is 0 Å². The van der Waals surface area contributed by atoms with Crippen molar-refractivity contribution in [2.75, 3.05) is 18.3 Å². The molecule has 0 saturated heterocycles. The van der Waals surface area contributed by atoms with Crippen LogP contribution in [0.3, 0.4) is 0 Å². The van der Waals surface area contributed by atoms with E-state index in [4.69, 9.17) is 31.5 Å². The minimum absolute atomic E-state index is 0.00964. The highest BCUT2D eigenvalue weighted by Gasteiger charge is 2.27. The summed E-state index contributed by atoms with van der Waals surface area (Å²) < 4.78 is 15.9. The van der Waals surface area contributed by atoms with Crippen LogP contribution in [0.15, 0.2) is 42.5 Å². The Balaban J connectivity index is 1.98. The number of amides is 2. The highest BCUT2D eigenvalue weighted by atomic mass is 35.5. The van der Waals surface area contributed by atoms with Gasteiger partial charge in [-0.05, 0) is 31.2 Å². The quantitative estimate of drug-likeness (QED) is 0.648. The van der Waals surface area contributed by atoms with E-state index in [-0.39, 0.29) is 29.8 Å². The number of carbonyl (C=O) groups excluding carboxylic acids is 2. The van der Waals surface area contributed by atoms with Crippen LogP contribution in [-0.4, -0.2) is 30.4 Å². The van der Waals surface area contributed by atoms with Gasteiger partial charge in [0.25, 0.3) is 0 Å². The van der Waals surface area contributed by atoms with Crippen molar-refractivity contribution in [2.24, 2.45) is 5.73 Å². The molecule has 3 aromatic rings. The predicted molar refractivity (Wildman–Crippen MR) is 107 cm³/mol. The van der Waals surface area contributed by atoms with E-state index in [0.717, 1.165) is 4.90 Å². The second kappa shape index (κ2) is 7.48. The number of para-hydroxylation sites is 1. The second-order valence-corrected chi connectivity index (χ2v) is 6.51. The van der Waals surface area contributed by atoms with E-state index in [1.807, 2.05) is 0 Å². The Bertz CT molecular complexity index is 1130. The van der Waals surface area contributed by atoms with Crippen LogP contribution in [0.25, 0.3) is 10.9 Å². The highest BCUT2D eigenvalue weighted by molar-refractivity contribution is 6.34. The van der Waals surface area contributed by atoms with Gasteiger partial charge in [0.05, 0.1) is 22.8 Å². The van der Waals surface area contributed by atoms with Gasteiger partial charge in [-0.2, -0.15) is 0 Å². The summed E-state index contributed by atoms with van der Waals surface area (Å²) >= 11 is 6.27. The number of halogens is 1. The number of rotatable bonds is 4. The summed E-state index contributed by atoms with van der Waals surface area (Å²) in [4.78, 5) is 30.6. The molecule has 8 nitrogen and oxygen atoms in total. The molecule has 0 spiro atoms. The molecule has 2 heterocycles. The lowest BCUT2D eigenvalue weighted by Gasteiger charge is -2.23. The number of carbonyl (C=O) groups is 2. The minimum Gasteiger partial charge on any atom is -0.462 e. The van der Waals surface area contributed by atoms with Gasteiger partial charge < -0.3 is 19.9 Å². The molecule has 0 saturated carbocycles. The van der Waals surface area contributed by atoms with Crippen LogP contribution in [0.5, 0.6) is 11.5 Å². The van der Waals surface area contributed by atoms with Gasteiger partial charge in [-0.1, -0.05) is 23.7 Å². The van der Waals surface area contributed by atoms with Gasteiger partial charge >= 0.3 is 12.0 Å². The summed E-state index contributed by atoms with van der Waals surface area (Å²) in [6.07, 6.45) is 0. The van der Waals surface area contributed by atoms with Gasteiger partial charge in [0.2, 0.25) is 6.79 Å². The molecular weight excluding hydrogens is 398 g/mol. The molecule has 2 N–H and O–H groups in total. The Hall–Kier alpha value is -3.52. The zero-order valence-electron chi connectivity index (χ0n) is 15.3. The topological polar surface area (TPSA) is 104 Å². The van der Waals surface area contributed by atoms with Crippen LogP contribution in [0.2, 0.25) is 5.02 Å². The lowest BCUT2D eigenvalue weighted by molar-refractivity contribution is 0.0527. The van der Waals surface area contributed by atoms with Crippen molar-refractivity contribution in [3.05, 3.63) is 53.1 Å². The lowest BCUT2D eigenvalue weighted by Crippen LogP contribution is -2.33. The Morgan fingerprint density at radius 2 is 1.93 bits per heavy atom. The van der Waals surface area contributed by atoms with Crippen LogP contribution < -0.4 is 20.1 Å². The number of aromatic nitrogens is 1. The SMILES string of the molecule is CCOC(=O)c1cc2cc3c(cc2nc1N(C(N)=O)c1ccccc1Cl)OCO3. The fourth-order valence-electron chi connectivity index (χ4n) is 3.05. The summed E-state index contributed by atoms with van der Waals surface area (Å²) in [5.41, 5.74) is 6.48. The first-order valence-corrected chi connectivity index (χ1v) is 9.13. The molecule has 148 valence electrons. The third kappa shape index (κ3) is 3.38. The van der Waals surface area contributed by atoms with Crippen LogP contribution in [-0.2, 0) is 4.74 Å². The standard InChI is InChI=1S/C20H16ClN3O5/c1-2-27-19(25)12-7-11-8-16-17(29-10-28-16)9-14(11)23-18(12)24(20(22)26)15-6-4-3-5-13(15)21/h3-9H,2,10H2,1H3,(H2,22,26). The molecule has 0 aliphatic carbocycles. The van der Waals surface area contributed by atoms with E-state index >= 15 is 0 Å². The van der Waals surface area contributed by atoms with E-state index in [0.29, 0.717) is 28.1 Å². The maximum atomic E-state index is 12.7. The summed E-state index contributed by atoms with van der Waals surface area (Å²) in [5, 5.41) is 0.887. The number of hydrogen-bond acceptors (Lipinski definition) is 6. The Morgan fingerprint density at radius 1 is 1.21 bits per heavy atom. The van der Waals surface area contributed by atoms with E-state index < -0.39 is 12.0 Å². The van der Waals surface area contributed by atoms with Crippen LogP contribution in [0.4, 0.5) is 16.3 Å². The van der Waals surface area contributed by atoms with Gasteiger partial charge in [0, 0.05) is 11.5 Å². The van der Waals surface area contributed by atoms with E-state index in [2.05, 4.69) is 4.98 Å². The molecule has 29 heavy (non-hydrogen) atoms. The van der Waals surface area contributed by atoms with Gasteiger partial charge in [-0.25, -0.2) is 19.5 Å². The molecule has 1 aromatic heterocycles. The Morgan fingerprint density at radius 3 is 2.62 bits per heavy atom. The van der Waals surface area contributed by atoms with E-state index in [9.17, 15) is 9.59 Å². The minimum atomic E-state index is -0.851. The number of benzene rings is 2. The molecule has 1 aliphatic rings. The monoisotopic (exact) mass is 413 g/mol. The number of hydrogen-bond donors (Lipinski definition) is 1. The molecule has 2 aromatic carbocycles. The fourth-order valence-corrected chi connectivity index (χ4v) is 3.27. The lowest BCUT2D eigenvalue weighted by atomic mass is 10.1. The molecule has 0 radical (unpaired) electrons. The van der Waals surface area contributed by atoms with Gasteiger partial charge in [-0.3, -0.25) is 0 Å². The molecule has 2 amide bonds. The van der Waals surface area contributed by atoms with Crippen molar-refractivity contribution < 1.29 is 23.8 Å². The molecule has 9 heteroatoms. The van der Waals surface area contributed by atoms with Gasteiger partial charge in [0.1, 0.15) is 5.56 Å². The van der Waals surface area contributed by atoms with E-state index in [1.54, 1.807) is 49.4 Å². The van der Waals surface area contributed by atoms with Crippen molar-refractivity contribution in [2.45, 2.75) is 6.92 Å². The number of nitrogens with zero attached hydrogens (tertiary/aromatic N) is 2. The summed E-state index contributed by atoms with van der Waals surface area (Å²) in [6, 6.07) is 10.7. The average Bonchev–Trinajstić information content (AvgIpc) is 3.14. The molecule has 0 bridgehead atoms.